The lowest BCUT2D eigenvalue weighted by molar-refractivity contribution is 0.0531. The molecule has 3 rings (SSSR count). The molecule has 0 unspecified atom stereocenters. The molecule has 0 aliphatic heterocycles. The van der Waals surface area contributed by atoms with Crippen LogP contribution in [0.25, 0.3) is 10.2 Å². The summed E-state index contributed by atoms with van der Waals surface area (Å²) in [6.07, 6.45) is 1.21. The fourth-order valence-corrected chi connectivity index (χ4v) is 4.81. The number of esters is 1. The number of hydrogen-bond donors (Lipinski definition) is 0. The number of rotatable bonds is 5. The van der Waals surface area contributed by atoms with E-state index in [2.05, 4.69) is 4.98 Å². The molecule has 0 fully saturated rings. The molecule has 0 aliphatic carbocycles. The Balaban J connectivity index is 2.07. The number of para-hydroxylation sites is 1. The normalized spacial score (nSPS) is 11.6. The molecule has 0 radical (unpaired) electrons. The van der Waals surface area contributed by atoms with Crippen LogP contribution in [0.4, 0.5) is 10.1 Å². The van der Waals surface area contributed by atoms with E-state index >= 15 is 0 Å². The Hall–Kier alpha value is -2.52. The molecular formula is C18H17FN2O4S2. The van der Waals surface area contributed by atoms with Crippen LogP contribution in [0.15, 0.2) is 41.4 Å². The predicted octanol–water partition coefficient (Wildman–Crippen LogP) is 3.75. The summed E-state index contributed by atoms with van der Waals surface area (Å²) in [6.45, 7) is 3.67. The van der Waals surface area contributed by atoms with Crippen molar-refractivity contribution in [3.63, 3.8) is 0 Å². The standard InChI is InChI=1S/C18H17FN2O4S2/c1-4-25-18(22)16-11(2)13-9-12(10-20-17(13)26-16)27(23,24)21(3)15-8-6-5-7-14(15)19/h5-10H,4H2,1-3H3. The van der Waals surface area contributed by atoms with Crippen LogP contribution in [-0.2, 0) is 14.8 Å². The van der Waals surface area contributed by atoms with Crippen molar-refractivity contribution < 1.29 is 22.3 Å². The van der Waals surface area contributed by atoms with Gasteiger partial charge in [-0.05, 0) is 37.6 Å². The highest BCUT2D eigenvalue weighted by atomic mass is 32.2. The third kappa shape index (κ3) is 3.40. The molecule has 0 saturated carbocycles. The van der Waals surface area contributed by atoms with Gasteiger partial charge in [0.2, 0.25) is 0 Å². The lowest BCUT2D eigenvalue weighted by Gasteiger charge is -2.19. The summed E-state index contributed by atoms with van der Waals surface area (Å²) in [4.78, 5) is 17.1. The smallest absolute Gasteiger partial charge is 0.348 e. The van der Waals surface area contributed by atoms with Gasteiger partial charge in [0, 0.05) is 18.6 Å². The molecule has 142 valence electrons. The molecular weight excluding hydrogens is 391 g/mol. The number of thiophene rings is 1. The highest BCUT2D eigenvalue weighted by Crippen LogP contribution is 2.32. The van der Waals surface area contributed by atoms with Crippen LogP contribution in [0.1, 0.15) is 22.2 Å². The number of carbonyl (C=O) groups is 1. The van der Waals surface area contributed by atoms with Crippen molar-refractivity contribution in [3.05, 3.63) is 52.8 Å². The van der Waals surface area contributed by atoms with E-state index in [-0.39, 0.29) is 17.2 Å². The molecule has 0 saturated heterocycles. The second-order valence-corrected chi connectivity index (χ2v) is 8.69. The predicted molar refractivity (Wildman–Crippen MR) is 102 cm³/mol. The molecule has 9 heteroatoms. The zero-order valence-corrected chi connectivity index (χ0v) is 16.5. The summed E-state index contributed by atoms with van der Waals surface area (Å²) in [5.74, 6) is -1.11. The first-order valence-corrected chi connectivity index (χ1v) is 10.3. The van der Waals surface area contributed by atoms with Crippen molar-refractivity contribution in [1.29, 1.82) is 0 Å². The molecule has 2 heterocycles. The van der Waals surface area contributed by atoms with Crippen molar-refractivity contribution in [2.45, 2.75) is 18.7 Å². The quantitative estimate of drug-likeness (QED) is 0.601. The van der Waals surface area contributed by atoms with E-state index in [0.29, 0.717) is 20.7 Å². The SMILES string of the molecule is CCOC(=O)c1sc2ncc(S(=O)(=O)N(C)c3ccccc3F)cc2c1C. The Labute approximate surface area is 160 Å². The number of carbonyl (C=O) groups excluding carboxylic acids is 1. The van der Waals surface area contributed by atoms with Crippen LogP contribution in [0, 0.1) is 12.7 Å². The van der Waals surface area contributed by atoms with Gasteiger partial charge in [-0.25, -0.2) is 22.6 Å². The van der Waals surface area contributed by atoms with Gasteiger partial charge in [-0.2, -0.15) is 0 Å². The number of nitrogens with zero attached hydrogens (tertiary/aromatic N) is 2. The minimum atomic E-state index is -4.02. The van der Waals surface area contributed by atoms with E-state index in [9.17, 15) is 17.6 Å². The van der Waals surface area contributed by atoms with Crippen molar-refractivity contribution in [2.75, 3.05) is 18.0 Å². The van der Waals surface area contributed by atoms with Crippen LogP contribution in [0.5, 0.6) is 0 Å². The molecule has 6 nitrogen and oxygen atoms in total. The van der Waals surface area contributed by atoms with Crippen LogP contribution in [-0.4, -0.2) is 33.0 Å². The fourth-order valence-electron chi connectivity index (χ4n) is 2.61. The highest BCUT2D eigenvalue weighted by Gasteiger charge is 2.26. The van der Waals surface area contributed by atoms with Crippen molar-refractivity contribution in [3.8, 4) is 0 Å². The van der Waals surface area contributed by atoms with Crippen LogP contribution in [0.3, 0.4) is 0 Å². The molecule has 2 aromatic heterocycles. The summed E-state index contributed by atoms with van der Waals surface area (Å²) in [7, 11) is -2.74. The van der Waals surface area contributed by atoms with Crippen LogP contribution in [0.2, 0.25) is 0 Å². The van der Waals surface area contributed by atoms with Crippen molar-refractivity contribution in [2.24, 2.45) is 0 Å². The number of anilines is 1. The van der Waals surface area contributed by atoms with Crippen LogP contribution < -0.4 is 4.31 Å². The molecule has 27 heavy (non-hydrogen) atoms. The lowest BCUT2D eigenvalue weighted by atomic mass is 10.2. The van der Waals surface area contributed by atoms with E-state index < -0.39 is 21.8 Å². The first-order chi connectivity index (χ1) is 12.8. The lowest BCUT2D eigenvalue weighted by Crippen LogP contribution is -2.27. The summed E-state index contributed by atoms with van der Waals surface area (Å²) < 4.78 is 45.7. The Kier molecular flexibility index (Phi) is 5.16. The molecule has 0 spiro atoms. The average molecular weight is 408 g/mol. The Morgan fingerprint density at radius 1 is 1.33 bits per heavy atom. The van der Waals surface area contributed by atoms with Gasteiger partial charge in [0.15, 0.2) is 0 Å². The molecule has 1 aromatic carbocycles. The summed E-state index contributed by atoms with van der Waals surface area (Å²) >= 11 is 1.14. The third-order valence-corrected chi connectivity index (χ3v) is 7.01. The zero-order valence-electron chi connectivity index (χ0n) is 14.9. The Morgan fingerprint density at radius 2 is 2.04 bits per heavy atom. The highest BCUT2D eigenvalue weighted by molar-refractivity contribution is 7.92. The van der Waals surface area contributed by atoms with Gasteiger partial charge >= 0.3 is 5.97 Å². The van der Waals surface area contributed by atoms with Gasteiger partial charge in [-0.15, -0.1) is 11.3 Å². The van der Waals surface area contributed by atoms with E-state index in [1.807, 2.05) is 0 Å². The molecule has 0 bridgehead atoms. The summed E-state index contributed by atoms with van der Waals surface area (Å²) in [6, 6.07) is 7.06. The topological polar surface area (TPSA) is 76.6 Å². The van der Waals surface area contributed by atoms with Crippen LogP contribution >= 0.6 is 11.3 Å². The molecule has 0 N–H and O–H groups in total. The number of aromatic nitrogens is 1. The number of halogens is 1. The van der Waals surface area contributed by atoms with Gasteiger partial charge in [0.1, 0.15) is 20.4 Å². The van der Waals surface area contributed by atoms with Gasteiger partial charge < -0.3 is 4.74 Å². The number of ether oxygens (including phenoxy) is 1. The number of benzene rings is 1. The van der Waals surface area contributed by atoms with Gasteiger partial charge in [-0.1, -0.05) is 12.1 Å². The molecule has 0 aliphatic rings. The van der Waals surface area contributed by atoms with Crippen molar-refractivity contribution in [1.82, 2.24) is 4.98 Å². The maximum absolute atomic E-state index is 14.0. The number of aryl methyl sites for hydroxylation is 1. The molecule has 0 amide bonds. The second-order valence-electron chi connectivity index (χ2n) is 5.72. The number of pyridine rings is 1. The van der Waals surface area contributed by atoms with E-state index in [4.69, 9.17) is 4.74 Å². The second kappa shape index (κ2) is 7.24. The van der Waals surface area contributed by atoms with E-state index in [1.54, 1.807) is 19.9 Å². The van der Waals surface area contributed by atoms with Crippen molar-refractivity contribution >= 4 is 43.2 Å². The zero-order chi connectivity index (χ0) is 19.8. The third-order valence-electron chi connectivity index (χ3n) is 4.08. The van der Waals surface area contributed by atoms with Gasteiger partial charge in [-0.3, -0.25) is 4.31 Å². The Bertz CT molecular complexity index is 1130. The van der Waals surface area contributed by atoms with E-state index in [0.717, 1.165) is 15.6 Å². The number of sulfonamides is 1. The Morgan fingerprint density at radius 3 is 2.70 bits per heavy atom. The monoisotopic (exact) mass is 408 g/mol. The summed E-state index contributed by atoms with van der Waals surface area (Å²) in [5, 5.41) is 0.547. The van der Waals surface area contributed by atoms with Gasteiger partial charge in [0.05, 0.1) is 12.3 Å². The first-order valence-electron chi connectivity index (χ1n) is 8.07. The fraction of sp³-hybridized carbons (Fsp3) is 0.222. The molecule has 3 aromatic rings. The number of hydrogen-bond acceptors (Lipinski definition) is 6. The van der Waals surface area contributed by atoms with Gasteiger partial charge in [0.25, 0.3) is 10.0 Å². The minimum Gasteiger partial charge on any atom is -0.462 e. The average Bonchev–Trinajstić information content (AvgIpc) is 2.98. The maximum atomic E-state index is 14.0. The first kappa shape index (κ1) is 19.2. The summed E-state index contributed by atoms with van der Waals surface area (Å²) in [5.41, 5.74) is 0.540. The maximum Gasteiger partial charge on any atom is 0.348 e. The largest absolute Gasteiger partial charge is 0.462 e. The minimum absolute atomic E-state index is 0.0631. The molecule has 0 atom stereocenters. The van der Waals surface area contributed by atoms with E-state index in [1.165, 1.54) is 37.5 Å². The number of fused-ring (bicyclic) bond motifs is 1.